The van der Waals surface area contributed by atoms with Crippen molar-refractivity contribution < 1.29 is 8.42 Å². The van der Waals surface area contributed by atoms with E-state index in [2.05, 4.69) is 24.3 Å². The molecule has 0 bridgehead atoms. The number of fused-ring (bicyclic) bond motifs is 1. The van der Waals surface area contributed by atoms with Crippen molar-refractivity contribution >= 4 is 21.6 Å². The van der Waals surface area contributed by atoms with Gasteiger partial charge in [0.05, 0.1) is 11.5 Å². The van der Waals surface area contributed by atoms with Gasteiger partial charge in [0.15, 0.2) is 9.84 Å². The van der Waals surface area contributed by atoms with Crippen LogP contribution in [0.3, 0.4) is 0 Å². The summed E-state index contributed by atoms with van der Waals surface area (Å²) in [6.07, 6.45) is 1.65. The van der Waals surface area contributed by atoms with Crippen molar-refractivity contribution in [3.8, 4) is 0 Å². The summed E-state index contributed by atoms with van der Waals surface area (Å²) in [7, 11) is -2.82. The van der Waals surface area contributed by atoms with Crippen molar-refractivity contribution in [1.82, 2.24) is 0 Å². The predicted octanol–water partition coefficient (Wildman–Crippen LogP) is 2.03. The molecule has 104 valence electrons. The van der Waals surface area contributed by atoms with Gasteiger partial charge in [0, 0.05) is 16.7 Å². The highest BCUT2D eigenvalue weighted by Crippen LogP contribution is 2.42. The summed E-state index contributed by atoms with van der Waals surface area (Å²) in [5.74, 6) is 2.33. The summed E-state index contributed by atoms with van der Waals surface area (Å²) >= 11 is 1.89. The second-order valence-electron chi connectivity index (χ2n) is 5.61. The molecule has 0 aliphatic carbocycles. The SMILES string of the molecule is NC(CC1CSc2ccccc21)C1CCS(=O)(=O)C1. The van der Waals surface area contributed by atoms with Crippen molar-refractivity contribution in [2.24, 2.45) is 11.7 Å². The van der Waals surface area contributed by atoms with E-state index in [4.69, 9.17) is 5.73 Å². The van der Waals surface area contributed by atoms with Gasteiger partial charge in [0.2, 0.25) is 0 Å². The monoisotopic (exact) mass is 297 g/mol. The van der Waals surface area contributed by atoms with Gasteiger partial charge in [0.25, 0.3) is 0 Å². The van der Waals surface area contributed by atoms with E-state index in [1.165, 1.54) is 10.5 Å². The Bertz CT molecular complexity index is 571. The second kappa shape index (κ2) is 5.11. The van der Waals surface area contributed by atoms with Crippen LogP contribution in [0.2, 0.25) is 0 Å². The van der Waals surface area contributed by atoms with Crippen molar-refractivity contribution in [2.45, 2.75) is 29.7 Å². The molecule has 1 aromatic carbocycles. The van der Waals surface area contributed by atoms with Gasteiger partial charge in [-0.05, 0) is 36.3 Å². The number of nitrogens with two attached hydrogens (primary N) is 1. The van der Waals surface area contributed by atoms with Crippen LogP contribution in [-0.4, -0.2) is 31.7 Å². The van der Waals surface area contributed by atoms with Crippen LogP contribution in [0, 0.1) is 5.92 Å². The fraction of sp³-hybridized carbons (Fsp3) is 0.571. The molecule has 0 saturated carbocycles. The molecule has 0 amide bonds. The van der Waals surface area contributed by atoms with Crippen molar-refractivity contribution in [1.29, 1.82) is 0 Å². The third-order valence-corrected chi connectivity index (χ3v) is 7.27. The molecule has 0 aromatic heterocycles. The van der Waals surface area contributed by atoms with E-state index in [-0.39, 0.29) is 17.7 Å². The van der Waals surface area contributed by atoms with Gasteiger partial charge in [0.1, 0.15) is 0 Å². The van der Waals surface area contributed by atoms with E-state index >= 15 is 0 Å². The number of rotatable bonds is 3. The Hall–Kier alpha value is -0.520. The van der Waals surface area contributed by atoms with Crippen LogP contribution in [0.4, 0.5) is 0 Å². The van der Waals surface area contributed by atoms with Crippen LogP contribution in [-0.2, 0) is 9.84 Å². The largest absolute Gasteiger partial charge is 0.327 e. The molecule has 2 N–H and O–H groups in total. The smallest absolute Gasteiger partial charge is 0.150 e. The lowest BCUT2D eigenvalue weighted by Gasteiger charge is -2.21. The van der Waals surface area contributed by atoms with E-state index < -0.39 is 9.84 Å². The number of benzene rings is 1. The molecule has 2 aliphatic heterocycles. The quantitative estimate of drug-likeness (QED) is 0.927. The molecule has 19 heavy (non-hydrogen) atoms. The standard InChI is InChI=1S/C14H19NO2S2/c15-13(10-5-6-19(16,17)9-10)7-11-8-18-14-4-2-1-3-12(11)14/h1-4,10-11,13H,5-9,15H2. The van der Waals surface area contributed by atoms with Crippen molar-refractivity contribution in [2.75, 3.05) is 17.3 Å². The maximum absolute atomic E-state index is 11.5. The lowest BCUT2D eigenvalue weighted by atomic mass is 9.88. The lowest BCUT2D eigenvalue weighted by molar-refractivity contribution is 0.417. The van der Waals surface area contributed by atoms with Crippen molar-refractivity contribution in [3.05, 3.63) is 29.8 Å². The van der Waals surface area contributed by atoms with Crippen LogP contribution in [0.25, 0.3) is 0 Å². The Morgan fingerprint density at radius 2 is 2.16 bits per heavy atom. The summed E-state index contributed by atoms with van der Waals surface area (Å²) in [6.45, 7) is 0. The van der Waals surface area contributed by atoms with Crippen LogP contribution in [0.15, 0.2) is 29.2 Å². The highest BCUT2D eigenvalue weighted by molar-refractivity contribution is 7.99. The maximum atomic E-state index is 11.5. The molecule has 0 spiro atoms. The summed E-state index contributed by atoms with van der Waals surface area (Å²) in [6, 6.07) is 8.49. The normalized spacial score (nSPS) is 30.2. The third-order valence-electron chi connectivity index (χ3n) is 4.23. The van der Waals surface area contributed by atoms with E-state index in [0.717, 1.165) is 18.6 Å². The fourth-order valence-corrected chi connectivity index (χ4v) is 6.27. The Balaban J connectivity index is 1.67. The number of hydrogen-bond acceptors (Lipinski definition) is 4. The summed E-state index contributed by atoms with van der Waals surface area (Å²) in [5, 5.41) is 0. The first kappa shape index (κ1) is 13.5. The molecule has 1 fully saturated rings. The van der Waals surface area contributed by atoms with Gasteiger partial charge in [-0.3, -0.25) is 0 Å². The zero-order valence-electron chi connectivity index (χ0n) is 10.8. The minimum absolute atomic E-state index is 0.00836. The first-order valence-electron chi connectivity index (χ1n) is 6.73. The van der Waals surface area contributed by atoms with E-state index in [0.29, 0.717) is 11.7 Å². The van der Waals surface area contributed by atoms with Crippen LogP contribution in [0.1, 0.15) is 24.3 Å². The number of hydrogen-bond donors (Lipinski definition) is 1. The Morgan fingerprint density at radius 1 is 1.37 bits per heavy atom. The van der Waals surface area contributed by atoms with Crippen LogP contribution < -0.4 is 5.73 Å². The molecule has 3 atom stereocenters. The molecule has 1 saturated heterocycles. The molecule has 3 nitrogen and oxygen atoms in total. The Morgan fingerprint density at radius 3 is 2.89 bits per heavy atom. The van der Waals surface area contributed by atoms with Crippen molar-refractivity contribution in [3.63, 3.8) is 0 Å². The van der Waals surface area contributed by atoms with E-state index in [1.807, 2.05) is 11.8 Å². The van der Waals surface area contributed by atoms with Crippen LogP contribution in [0.5, 0.6) is 0 Å². The number of sulfone groups is 1. The molecule has 2 aliphatic rings. The molecule has 2 heterocycles. The third kappa shape index (κ3) is 2.83. The highest BCUT2D eigenvalue weighted by atomic mass is 32.2. The molecule has 3 rings (SSSR count). The molecular formula is C14H19NO2S2. The minimum Gasteiger partial charge on any atom is -0.327 e. The molecule has 0 radical (unpaired) electrons. The first-order valence-corrected chi connectivity index (χ1v) is 9.53. The predicted molar refractivity (Wildman–Crippen MR) is 79.3 cm³/mol. The van der Waals surface area contributed by atoms with Gasteiger partial charge in [-0.25, -0.2) is 8.42 Å². The average Bonchev–Trinajstić information content (AvgIpc) is 2.94. The van der Waals surface area contributed by atoms with Gasteiger partial charge in [-0.1, -0.05) is 18.2 Å². The molecule has 5 heteroatoms. The summed E-state index contributed by atoms with van der Waals surface area (Å²) in [5.41, 5.74) is 7.66. The van der Waals surface area contributed by atoms with Crippen LogP contribution >= 0.6 is 11.8 Å². The average molecular weight is 297 g/mol. The zero-order chi connectivity index (χ0) is 13.5. The Labute approximate surface area is 118 Å². The maximum Gasteiger partial charge on any atom is 0.150 e. The Kier molecular flexibility index (Phi) is 3.62. The molecular weight excluding hydrogens is 278 g/mol. The van der Waals surface area contributed by atoms with Gasteiger partial charge in [-0.15, -0.1) is 11.8 Å². The fourth-order valence-electron chi connectivity index (χ4n) is 3.11. The number of thioether (sulfide) groups is 1. The molecule has 1 aromatic rings. The van der Waals surface area contributed by atoms with Gasteiger partial charge < -0.3 is 5.73 Å². The van der Waals surface area contributed by atoms with Gasteiger partial charge >= 0.3 is 0 Å². The summed E-state index contributed by atoms with van der Waals surface area (Å²) in [4.78, 5) is 1.36. The first-order chi connectivity index (χ1) is 9.05. The topological polar surface area (TPSA) is 60.2 Å². The zero-order valence-corrected chi connectivity index (χ0v) is 12.4. The van der Waals surface area contributed by atoms with E-state index in [1.54, 1.807) is 0 Å². The summed E-state index contributed by atoms with van der Waals surface area (Å²) < 4.78 is 23.0. The van der Waals surface area contributed by atoms with Gasteiger partial charge in [-0.2, -0.15) is 0 Å². The highest BCUT2D eigenvalue weighted by Gasteiger charge is 2.34. The lowest BCUT2D eigenvalue weighted by Crippen LogP contribution is -2.32. The minimum atomic E-state index is -2.82. The second-order valence-corrected chi connectivity index (χ2v) is 8.90. The molecule has 3 unspecified atom stereocenters. The van der Waals surface area contributed by atoms with E-state index in [9.17, 15) is 8.42 Å².